The zero-order chi connectivity index (χ0) is 11.4. The summed E-state index contributed by atoms with van der Waals surface area (Å²) >= 11 is 0. The first-order chi connectivity index (χ1) is 7.78. The van der Waals surface area contributed by atoms with Crippen LogP contribution in [0, 0.1) is 5.92 Å². The largest absolute Gasteiger partial charge is 0.328 e. The number of nitrogens with one attached hydrogen (secondary N) is 1. The fourth-order valence-electron chi connectivity index (χ4n) is 3.11. The molecular weight excluding hydrogens is 198 g/mol. The Bertz CT molecular complexity index is 207. The van der Waals surface area contributed by atoms with Gasteiger partial charge >= 0.3 is 0 Å². The molecule has 0 spiro atoms. The summed E-state index contributed by atoms with van der Waals surface area (Å²) in [6, 6.07) is 1.14. The monoisotopic (exact) mass is 225 g/mol. The van der Waals surface area contributed by atoms with Crippen LogP contribution >= 0.6 is 0 Å². The molecule has 0 aromatic heterocycles. The highest BCUT2D eigenvalue weighted by Crippen LogP contribution is 2.19. The standard InChI is InChI=1S/C13H27N3/c1-2-16-7-6-11(10-16)9-15-13-5-3-4-12(14)8-13/h11-13,15H,2-10,14H2,1H3. The van der Waals surface area contributed by atoms with E-state index in [1.54, 1.807) is 0 Å². The zero-order valence-electron chi connectivity index (χ0n) is 10.6. The summed E-state index contributed by atoms with van der Waals surface area (Å²) in [5.74, 6) is 0.873. The van der Waals surface area contributed by atoms with E-state index in [1.165, 1.54) is 58.3 Å². The van der Waals surface area contributed by atoms with Gasteiger partial charge in [0.15, 0.2) is 0 Å². The van der Waals surface area contributed by atoms with Crippen LogP contribution in [0.25, 0.3) is 0 Å². The van der Waals surface area contributed by atoms with Crippen molar-refractivity contribution >= 4 is 0 Å². The van der Waals surface area contributed by atoms with Crippen LogP contribution in [0.5, 0.6) is 0 Å². The van der Waals surface area contributed by atoms with Gasteiger partial charge in [0.1, 0.15) is 0 Å². The minimum atomic E-state index is 0.446. The van der Waals surface area contributed by atoms with E-state index in [4.69, 9.17) is 5.73 Å². The van der Waals surface area contributed by atoms with Crippen LogP contribution in [-0.4, -0.2) is 43.2 Å². The maximum atomic E-state index is 6.00. The average Bonchev–Trinajstić information content (AvgIpc) is 2.74. The number of hydrogen-bond donors (Lipinski definition) is 2. The Hall–Kier alpha value is -0.120. The summed E-state index contributed by atoms with van der Waals surface area (Å²) in [7, 11) is 0. The van der Waals surface area contributed by atoms with Crippen LogP contribution in [-0.2, 0) is 0 Å². The Balaban J connectivity index is 1.64. The molecule has 2 aliphatic rings. The van der Waals surface area contributed by atoms with E-state index in [1.807, 2.05) is 0 Å². The van der Waals surface area contributed by atoms with Crippen molar-refractivity contribution < 1.29 is 0 Å². The molecule has 0 radical (unpaired) electrons. The van der Waals surface area contributed by atoms with Gasteiger partial charge in [-0.15, -0.1) is 0 Å². The molecule has 1 heterocycles. The van der Waals surface area contributed by atoms with Gasteiger partial charge in [0.2, 0.25) is 0 Å². The van der Waals surface area contributed by atoms with Gasteiger partial charge < -0.3 is 16.0 Å². The van der Waals surface area contributed by atoms with Crippen molar-refractivity contribution in [2.24, 2.45) is 11.7 Å². The van der Waals surface area contributed by atoms with Gasteiger partial charge in [0, 0.05) is 18.6 Å². The maximum Gasteiger partial charge on any atom is 0.00819 e. The Labute approximate surface area is 99.8 Å². The van der Waals surface area contributed by atoms with Gasteiger partial charge in [-0.25, -0.2) is 0 Å². The SMILES string of the molecule is CCN1CCC(CNC2CCCC(N)C2)C1. The van der Waals surface area contributed by atoms with Crippen LogP contribution in [0.1, 0.15) is 39.0 Å². The minimum absolute atomic E-state index is 0.446. The predicted octanol–water partition coefficient (Wildman–Crippen LogP) is 1.19. The molecule has 0 amide bonds. The topological polar surface area (TPSA) is 41.3 Å². The highest BCUT2D eigenvalue weighted by Gasteiger charge is 2.23. The molecule has 1 saturated heterocycles. The van der Waals surface area contributed by atoms with E-state index in [0.717, 1.165) is 5.92 Å². The first-order valence-electron chi connectivity index (χ1n) is 6.99. The van der Waals surface area contributed by atoms with Gasteiger partial charge in [-0.3, -0.25) is 0 Å². The molecule has 1 aliphatic heterocycles. The quantitative estimate of drug-likeness (QED) is 0.755. The molecule has 0 aromatic rings. The zero-order valence-corrected chi connectivity index (χ0v) is 10.6. The van der Waals surface area contributed by atoms with Gasteiger partial charge in [-0.1, -0.05) is 13.3 Å². The van der Waals surface area contributed by atoms with Crippen LogP contribution in [0.3, 0.4) is 0 Å². The number of nitrogens with zero attached hydrogens (tertiary/aromatic N) is 1. The molecular formula is C13H27N3. The lowest BCUT2D eigenvalue weighted by molar-refractivity contribution is 0.308. The smallest absolute Gasteiger partial charge is 0.00819 e. The normalized spacial score (nSPS) is 36.8. The molecule has 1 saturated carbocycles. The third-order valence-electron chi connectivity index (χ3n) is 4.23. The molecule has 16 heavy (non-hydrogen) atoms. The lowest BCUT2D eigenvalue weighted by atomic mass is 9.91. The van der Waals surface area contributed by atoms with Crippen LogP contribution < -0.4 is 11.1 Å². The summed E-state index contributed by atoms with van der Waals surface area (Å²) in [6.07, 6.45) is 6.43. The van der Waals surface area contributed by atoms with Crippen molar-refractivity contribution in [2.45, 2.75) is 51.1 Å². The van der Waals surface area contributed by atoms with Crippen LogP contribution in [0.2, 0.25) is 0 Å². The summed E-state index contributed by atoms with van der Waals surface area (Å²) in [5.41, 5.74) is 6.00. The van der Waals surface area contributed by atoms with Crippen molar-refractivity contribution in [3.8, 4) is 0 Å². The van der Waals surface area contributed by atoms with E-state index in [-0.39, 0.29) is 0 Å². The molecule has 94 valence electrons. The first-order valence-corrected chi connectivity index (χ1v) is 6.99. The Kier molecular flexibility index (Phi) is 4.62. The van der Waals surface area contributed by atoms with Crippen molar-refractivity contribution in [2.75, 3.05) is 26.2 Å². The van der Waals surface area contributed by atoms with Gasteiger partial charge in [0.05, 0.1) is 0 Å². The first kappa shape index (κ1) is 12.3. The second-order valence-electron chi connectivity index (χ2n) is 5.58. The van der Waals surface area contributed by atoms with Crippen molar-refractivity contribution in [3.05, 3.63) is 0 Å². The Morgan fingerprint density at radius 1 is 1.31 bits per heavy atom. The Morgan fingerprint density at radius 3 is 2.88 bits per heavy atom. The summed E-state index contributed by atoms with van der Waals surface area (Å²) in [6.45, 7) is 7.27. The average molecular weight is 225 g/mol. The second-order valence-corrected chi connectivity index (χ2v) is 5.58. The summed E-state index contributed by atoms with van der Waals surface area (Å²) < 4.78 is 0. The number of rotatable bonds is 4. The summed E-state index contributed by atoms with van der Waals surface area (Å²) in [5, 5.41) is 3.73. The number of nitrogens with two attached hydrogens (primary N) is 1. The van der Waals surface area contributed by atoms with Gasteiger partial charge in [-0.05, 0) is 51.2 Å². The van der Waals surface area contributed by atoms with E-state index in [2.05, 4.69) is 17.1 Å². The molecule has 0 aromatic carbocycles. The van der Waals surface area contributed by atoms with Crippen LogP contribution in [0.4, 0.5) is 0 Å². The van der Waals surface area contributed by atoms with Gasteiger partial charge in [-0.2, -0.15) is 0 Å². The van der Waals surface area contributed by atoms with Crippen molar-refractivity contribution in [1.29, 1.82) is 0 Å². The molecule has 3 N–H and O–H groups in total. The third kappa shape index (κ3) is 3.44. The van der Waals surface area contributed by atoms with Crippen LogP contribution in [0.15, 0.2) is 0 Å². The molecule has 2 fully saturated rings. The number of likely N-dealkylation sites (tertiary alicyclic amines) is 1. The Morgan fingerprint density at radius 2 is 2.19 bits per heavy atom. The predicted molar refractivity (Wildman–Crippen MR) is 68.5 cm³/mol. The highest BCUT2D eigenvalue weighted by atomic mass is 15.1. The molecule has 3 heteroatoms. The van der Waals surface area contributed by atoms with E-state index in [9.17, 15) is 0 Å². The molecule has 2 rings (SSSR count). The minimum Gasteiger partial charge on any atom is -0.328 e. The molecule has 3 nitrogen and oxygen atoms in total. The molecule has 0 bridgehead atoms. The lowest BCUT2D eigenvalue weighted by Crippen LogP contribution is -2.41. The second kappa shape index (κ2) is 5.99. The summed E-state index contributed by atoms with van der Waals surface area (Å²) in [4.78, 5) is 2.55. The molecule has 1 aliphatic carbocycles. The van der Waals surface area contributed by atoms with E-state index >= 15 is 0 Å². The highest BCUT2D eigenvalue weighted by molar-refractivity contribution is 4.82. The third-order valence-corrected chi connectivity index (χ3v) is 4.23. The molecule has 3 atom stereocenters. The fourth-order valence-corrected chi connectivity index (χ4v) is 3.11. The molecule has 3 unspecified atom stereocenters. The number of hydrogen-bond acceptors (Lipinski definition) is 3. The van der Waals surface area contributed by atoms with E-state index < -0.39 is 0 Å². The van der Waals surface area contributed by atoms with E-state index in [0.29, 0.717) is 12.1 Å². The maximum absolute atomic E-state index is 6.00. The van der Waals surface area contributed by atoms with Gasteiger partial charge in [0.25, 0.3) is 0 Å². The lowest BCUT2D eigenvalue weighted by Gasteiger charge is -2.28. The van der Waals surface area contributed by atoms with Crippen molar-refractivity contribution in [1.82, 2.24) is 10.2 Å². The van der Waals surface area contributed by atoms with Crippen molar-refractivity contribution in [3.63, 3.8) is 0 Å². The fraction of sp³-hybridized carbons (Fsp3) is 1.00.